The topological polar surface area (TPSA) is 46.2 Å². The molecule has 1 atom stereocenters. The number of aliphatic imine (C=N–C) groups is 2. The van der Waals surface area contributed by atoms with Crippen molar-refractivity contribution >= 4 is 23.2 Å². The summed E-state index contributed by atoms with van der Waals surface area (Å²) >= 11 is 0. The fourth-order valence-corrected chi connectivity index (χ4v) is 4.05. The zero-order valence-corrected chi connectivity index (χ0v) is 14.2. The smallest absolute Gasteiger partial charge is 0.266 e. The minimum atomic E-state index is -0.0166. The molecule has 1 aliphatic carbocycles. The van der Waals surface area contributed by atoms with Gasteiger partial charge in [-0.1, -0.05) is 56.4 Å². The Morgan fingerprint density at radius 1 is 1.12 bits per heavy atom. The van der Waals surface area contributed by atoms with Crippen LogP contribution in [0.2, 0.25) is 0 Å². The van der Waals surface area contributed by atoms with Gasteiger partial charge in [-0.25, -0.2) is 9.89 Å². The first kappa shape index (κ1) is 15.5. The van der Waals surface area contributed by atoms with Crippen LogP contribution in [0.25, 0.3) is 5.70 Å². The average Bonchev–Trinajstić information content (AvgIpc) is 3.00. The number of quaternary nitrogens is 1. The van der Waals surface area contributed by atoms with Gasteiger partial charge >= 0.3 is 5.91 Å². The van der Waals surface area contributed by atoms with Gasteiger partial charge in [-0.3, -0.25) is 4.79 Å². The molecule has 1 aromatic carbocycles. The van der Waals surface area contributed by atoms with Gasteiger partial charge in [0.2, 0.25) is 0 Å². The fourth-order valence-electron chi connectivity index (χ4n) is 4.05. The van der Waals surface area contributed by atoms with Crippen LogP contribution in [0.3, 0.4) is 0 Å². The van der Waals surface area contributed by atoms with Crippen LogP contribution < -0.4 is 4.90 Å². The van der Waals surface area contributed by atoms with Gasteiger partial charge in [-0.05, 0) is 18.4 Å². The van der Waals surface area contributed by atoms with Crippen molar-refractivity contribution in [2.75, 3.05) is 6.54 Å². The molecule has 1 unspecified atom stereocenters. The van der Waals surface area contributed by atoms with E-state index in [9.17, 15) is 4.79 Å². The Labute approximate surface area is 143 Å². The van der Waals surface area contributed by atoms with Crippen molar-refractivity contribution in [3.8, 4) is 0 Å². The first-order valence-electron chi connectivity index (χ1n) is 9.04. The summed E-state index contributed by atoms with van der Waals surface area (Å²) in [6.07, 6.45) is 9.47. The second kappa shape index (κ2) is 6.44. The van der Waals surface area contributed by atoms with Crippen LogP contribution in [-0.4, -0.2) is 24.0 Å². The summed E-state index contributed by atoms with van der Waals surface area (Å²) in [5.41, 5.74) is 4.26. The van der Waals surface area contributed by atoms with E-state index in [-0.39, 0.29) is 5.91 Å². The Morgan fingerprint density at radius 2 is 1.92 bits per heavy atom. The van der Waals surface area contributed by atoms with E-state index in [0.29, 0.717) is 12.5 Å². The Kier molecular flexibility index (Phi) is 4.15. The van der Waals surface area contributed by atoms with E-state index < -0.39 is 0 Å². The summed E-state index contributed by atoms with van der Waals surface area (Å²) in [5, 5.41) is 0. The summed E-state index contributed by atoms with van der Waals surface area (Å²) < 4.78 is 0. The lowest BCUT2D eigenvalue weighted by atomic mass is 9.85. The molecular formula is C20H24N3O+. The summed E-state index contributed by atoms with van der Waals surface area (Å²) in [4.78, 5) is 22.4. The van der Waals surface area contributed by atoms with Crippen molar-refractivity contribution in [1.82, 2.24) is 0 Å². The van der Waals surface area contributed by atoms with Crippen LogP contribution in [0.5, 0.6) is 0 Å². The largest absolute Gasteiger partial charge is 0.302 e. The van der Waals surface area contributed by atoms with Crippen molar-refractivity contribution in [3.63, 3.8) is 0 Å². The van der Waals surface area contributed by atoms with Gasteiger partial charge in [-0.15, -0.1) is 0 Å². The van der Waals surface area contributed by atoms with Gasteiger partial charge in [0.05, 0.1) is 0 Å². The maximum absolute atomic E-state index is 12.1. The summed E-state index contributed by atoms with van der Waals surface area (Å²) in [6.45, 7) is 2.49. The Hall–Kier alpha value is -2.07. The van der Waals surface area contributed by atoms with Crippen molar-refractivity contribution in [3.05, 3.63) is 41.6 Å². The molecule has 1 fully saturated rings. The molecule has 0 spiro atoms. The number of hydrogen-bond donors (Lipinski definition) is 1. The van der Waals surface area contributed by atoms with Crippen LogP contribution in [0, 0.1) is 12.8 Å². The predicted molar refractivity (Wildman–Crippen MR) is 96.1 cm³/mol. The van der Waals surface area contributed by atoms with Gasteiger partial charge in [0.25, 0.3) is 5.84 Å². The molecule has 0 radical (unpaired) electrons. The Balaban J connectivity index is 1.61. The monoisotopic (exact) mass is 322 g/mol. The van der Waals surface area contributed by atoms with Crippen molar-refractivity contribution < 1.29 is 9.69 Å². The van der Waals surface area contributed by atoms with Crippen LogP contribution in [0.1, 0.15) is 49.7 Å². The van der Waals surface area contributed by atoms with E-state index in [1.165, 1.54) is 37.7 Å². The molecule has 4 nitrogen and oxygen atoms in total. The molecule has 1 saturated carbocycles. The molecule has 3 aliphatic rings. The highest BCUT2D eigenvalue weighted by Crippen LogP contribution is 2.28. The lowest BCUT2D eigenvalue weighted by Crippen LogP contribution is -3.12. The van der Waals surface area contributed by atoms with Gasteiger partial charge in [0.1, 0.15) is 17.6 Å². The van der Waals surface area contributed by atoms with Crippen molar-refractivity contribution in [1.29, 1.82) is 0 Å². The third kappa shape index (κ3) is 2.98. The third-order valence-corrected chi connectivity index (χ3v) is 5.35. The summed E-state index contributed by atoms with van der Waals surface area (Å²) in [7, 11) is 0. The van der Waals surface area contributed by atoms with Gasteiger partial charge in [-0.2, -0.15) is 4.99 Å². The Bertz CT molecular complexity index is 754. The quantitative estimate of drug-likeness (QED) is 0.913. The Morgan fingerprint density at radius 3 is 2.71 bits per heavy atom. The molecule has 2 aliphatic heterocycles. The third-order valence-electron chi connectivity index (χ3n) is 5.35. The molecule has 0 bridgehead atoms. The first-order chi connectivity index (χ1) is 11.7. The zero-order chi connectivity index (χ0) is 16.5. The second-order valence-electron chi connectivity index (χ2n) is 7.17. The van der Waals surface area contributed by atoms with E-state index in [2.05, 4.69) is 30.2 Å². The van der Waals surface area contributed by atoms with E-state index in [1.54, 1.807) is 0 Å². The predicted octanol–water partition coefficient (Wildman–Crippen LogP) is 2.54. The van der Waals surface area contributed by atoms with Gasteiger partial charge in [0.15, 0.2) is 6.54 Å². The minimum absolute atomic E-state index is 0.0166. The number of fused-ring (bicyclic) bond motifs is 1. The molecule has 0 aromatic heterocycles. The van der Waals surface area contributed by atoms with E-state index in [4.69, 9.17) is 4.99 Å². The van der Waals surface area contributed by atoms with Crippen LogP contribution in [-0.2, 0) is 4.79 Å². The molecule has 1 aromatic rings. The number of nitrogens with one attached hydrogen (secondary N) is 1. The van der Waals surface area contributed by atoms with Crippen LogP contribution in [0.4, 0.5) is 0 Å². The standard InChI is InChI=1S/C20H23N3O/c1-14-7-5-6-10-16(14)18-12-23-13-19(24)21-17(20(23)22-18)11-15-8-3-2-4-9-15/h5-7,10,12,15H,2-4,8-9,11,13H2,1H3/p+1. The van der Waals surface area contributed by atoms with E-state index in [0.717, 1.165) is 34.1 Å². The molecular weight excluding hydrogens is 298 g/mol. The molecule has 24 heavy (non-hydrogen) atoms. The number of amidine groups is 1. The van der Waals surface area contributed by atoms with Gasteiger partial charge < -0.3 is 0 Å². The maximum atomic E-state index is 12.1. The first-order valence-corrected chi connectivity index (χ1v) is 9.04. The van der Waals surface area contributed by atoms with E-state index in [1.807, 2.05) is 12.1 Å². The number of hydrogen-bond acceptors (Lipinski definition) is 2. The lowest BCUT2D eigenvalue weighted by Gasteiger charge is -2.24. The van der Waals surface area contributed by atoms with Crippen LogP contribution in [0.15, 0.2) is 40.5 Å². The van der Waals surface area contributed by atoms with E-state index >= 15 is 0 Å². The molecule has 4 heteroatoms. The normalized spacial score (nSPS) is 24.3. The van der Waals surface area contributed by atoms with Crippen molar-refractivity contribution in [2.24, 2.45) is 15.9 Å². The van der Waals surface area contributed by atoms with Crippen molar-refractivity contribution in [2.45, 2.75) is 45.4 Å². The van der Waals surface area contributed by atoms with Crippen LogP contribution >= 0.6 is 0 Å². The number of benzene rings is 1. The minimum Gasteiger partial charge on any atom is -0.266 e. The maximum Gasteiger partial charge on any atom is 0.302 e. The average molecular weight is 322 g/mol. The fraction of sp³-hybridized carbons (Fsp3) is 0.450. The summed E-state index contributed by atoms with van der Waals surface area (Å²) in [5.74, 6) is 1.62. The molecule has 2 heterocycles. The number of aryl methyl sites for hydroxylation is 1. The molecule has 4 rings (SSSR count). The number of nitrogens with zero attached hydrogens (tertiary/aromatic N) is 2. The number of carbonyl (C=O) groups excluding carboxylic acids is 1. The molecule has 1 N–H and O–H groups in total. The SMILES string of the molecule is Cc1ccccc1C1=C[NH+]2CC(=O)N=C(CC3CCCCC3)C2=N1. The zero-order valence-electron chi connectivity index (χ0n) is 14.2. The lowest BCUT2D eigenvalue weighted by molar-refractivity contribution is -0.731. The number of amides is 1. The highest BCUT2D eigenvalue weighted by molar-refractivity contribution is 6.41. The second-order valence-corrected chi connectivity index (χ2v) is 7.17. The molecule has 1 amide bonds. The summed E-state index contributed by atoms with van der Waals surface area (Å²) in [6, 6.07) is 8.29. The highest BCUT2D eigenvalue weighted by atomic mass is 16.1. The van der Waals surface area contributed by atoms with Gasteiger partial charge in [0, 0.05) is 12.0 Å². The molecule has 124 valence electrons. The number of rotatable bonds is 3. The number of carbonyl (C=O) groups is 1. The molecule has 0 saturated heterocycles. The highest BCUT2D eigenvalue weighted by Gasteiger charge is 2.36.